The first-order valence-electron chi connectivity index (χ1n) is 3.99. The van der Waals surface area contributed by atoms with Crippen molar-refractivity contribution in [2.24, 2.45) is 11.8 Å². The summed E-state index contributed by atoms with van der Waals surface area (Å²) < 4.78 is 0. The Bertz CT molecular complexity index is 55.1. The quantitative estimate of drug-likeness (QED) is 0.543. The van der Waals surface area contributed by atoms with Gasteiger partial charge in [0.2, 0.25) is 0 Å². The third kappa shape index (κ3) is 5.88. The summed E-state index contributed by atoms with van der Waals surface area (Å²) in [5.41, 5.74) is 0. The summed E-state index contributed by atoms with van der Waals surface area (Å²) in [5, 5.41) is 0. The zero-order chi connectivity index (χ0) is 7.28. The van der Waals surface area contributed by atoms with E-state index in [4.69, 9.17) is 0 Å². The van der Waals surface area contributed by atoms with Gasteiger partial charge in [0.15, 0.2) is 0 Å². The molecule has 0 heteroatoms. The van der Waals surface area contributed by atoms with E-state index < -0.39 is 0 Å². The monoisotopic (exact) mass is 127 g/mol. The smallest absolute Gasteiger partial charge is 0.0443 e. The topological polar surface area (TPSA) is 0 Å². The lowest BCUT2D eigenvalue weighted by Crippen LogP contribution is -1.95. The van der Waals surface area contributed by atoms with E-state index >= 15 is 0 Å². The lowest BCUT2D eigenvalue weighted by atomic mass is 9.98. The maximum absolute atomic E-state index is 3.94. The second-order valence-electron chi connectivity index (χ2n) is 3.20. The van der Waals surface area contributed by atoms with E-state index in [0.717, 1.165) is 5.92 Å². The first-order valence-corrected chi connectivity index (χ1v) is 3.99. The second kappa shape index (κ2) is 4.84. The van der Waals surface area contributed by atoms with Crippen LogP contribution in [0.2, 0.25) is 0 Å². The van der Waals surface area contributed by atoms with Crippen LogP contribution in [0.3, 0.4) is 0 Å². The van der Waals surface area contributed by atoms with Crippen LogP contribution in [0, 0.1) is 18.8 Å². The van der Waals surface area contributed by atoms with Gasteiger partial charge in [-0.1, -0.05) is 47.0 Å². The molecule has 2 unspecified atom stereocenters. The maximum atomic E-state index is 3.94. The average Bonchev–Trinajstić information content (AvgIpc) is 1.83. The Morgan fingerprint density at radius 2 is 1.78 bits per heavy atom. The minimum Gasteiger partial charge on any atom is -0.0651 e. The summed E-state index contributed by atoms with van der Waals surface area (Å²) in [6.45, 7) is 10.7. The van der Waals surface area contributed by atoms with Crippen LogP contribution in [0.5, 0.6) is 0 Å². The minimum absolute atomic E-state index is 0.638. The van der Waals surface area contributed by atoms with Crippen molar-refractivity contribution in [1.82, 2.24) is 0 Å². The molecular formula is C9H19. The highest BCUT2D eigenvalue weighted by Gasteiger charge is 1.99. The zero-order valence-corrected chi connectivity index (χ0v) is 6.98. The average molecular weight is 127 g/mol. The molecule has 0 saturated carbocycles. The maximum Gasteiger partial charge on any atom is -0.0443 e. The fourth-order valence-corrected chi connectivity index (χ4v) is 0.773. The number of rotatable bonds is 4. The van der Waals surface area contributed by atoms with Crippen molar-refractivity contribution < 1.29 is 0 Å². The standard InChI is InChI=1S/C9H19/c1-5-9(4)7-6-8(2)3/h8-9H,2,5-7H2,1,3-4H3. The molecule has 9 heavy (non-hydrogen) atoms. The fourth-order valence-electron chi connectivity index (χ4n) is 0.773. The van der Waals surface area contributed by atoms with Gasteiger partial charge in [-0.2, -0.15) is 0 Å². The van der Waals surface area contributed by atoms with Crippen molar-refractivity contribution in [3.8, 4) is 0 Å². The predicted molar refractivity (Wildman–Crippen MR) is 43.2 cm³/mol. The Kier molecular flexibility index (Phi) is 4.84. The van der Waals surface area contributed by atoms with E-state index in [1.54, 1.807) is 0 Å². The highest BCUT2D eigenvalue weighted by Crippen LogP contribution is 2.13. The van der Waals surface area contributed by atoms with E-state index in [-0.39, 0.29) is 0 Å². The summed E-state index contributed by atoms with van der Waals surface area (Å²) in [7, 11) is 0. The molecule has 0 heterocycles. The Balaban J connectivity index is 3.06. The van der Waals surface area contributed by atoms with Crippen molar-refractivity contribution in [1.29, 1.82) is 0 Å². The van der Waals surface area contributed by atoms with Crippen molar-refractivity contribution in [3.63, 3.8) is 0 Å². The summed E-state index contributed by atoms with van der Waals surface area (Å²) in [4.78, 5) is 0. The molecule has 0 aliphatic carbocycles. The van der Waals surface area contributed by atoms with Crippen molar-refractivity contribution in [2.45, 2.75) is 40.0 Å². The third-order valence-electron chi connectivity index (χ3n) is 1.85. The van der Waals surface area contributed by atoms with Crippen molar-refractivity contribution >= 4 is 0 Å². The van der Waals surface area contributed by atoms with Gasteiger partial charge in [0.25, 0.3) is 0 Å². The molecule has 0 nitrogen and oxygen atoms in total. The number of hydrogen-bond donors (Lipinski definition) is 0. The summed E-state index contributed by atoms with van der Waals surface area (Å²) in [5.74, 6) is 1.54. The van der Waals surface area contributed by atoms with Crippen LogP contribution in [-0.4, -0.2) is 0 Å². The molecule has 0 aliphatic rings. The van der Waals surface area contributed by atoms with Gasteiger partial charge in [-0.15, -0.1) is 0 Å². The molecule has 0 fully saturated rings. The minimum atomic E-state index is 0.638. The van der Waals surface area contributed by atoms with Crippen LogP contribution in [0.25, 0.3) is 0 Å². The van der Waals surface area contributed by atoms with Crippen LogP contribution in [-0.2, 0) is 0 Å². The molecule has 0 amide bonds. The SMILES string of the molecule is [CH2]C(C)CCC(C)CC. The molecule has 0 aromatic rings. The molecule has 0 saturated heterocycles. The lowest BCUT2D eigenvalue weighted by Gasteiger charge is -2.08. The molecule has 2 atom stereocenters. The third-order valence-corrected chi connectivity index (χ3v) is 1.85. The van der Waals surface area contributed by atoms with Gasteiger partial charge >= 0.3 is 0 Å². The Morgan fingerprint density at radius 3 is 2.11 bits per heavy atom. The van der Waals surface area contributed by atoms with E-state index in [2.05, 4.69) is 27.7 Å². The summed E-state index contributed by atoms with van der Waals surface area (Å²) >= 11 is 0. The Labute approximate surface area is 59.7 Å². The largest absolute Gasteiger partial charge is 0.0651 e. The second-order valence-corrected chi connectivity index (χ2v) is 3.20. The summed E-state index contributed by atoms with van der Waals surface area (Å²) in [6.07, 6.45) is 3.95. The normalized spacial score (nSPS) is 14.3. The van der Waals surface area contributed by atoms with Crippen LogP contribution in [0.1, 0.15) is 40.0 Å². The molecule has 0 bridgehead atoms. The van der Waals surface area contributed by atoms with E-state index in [0.29, 0.717) is 5.92 Å². The van der Waals surface area contributed by atoms with E-state index in [9.17, 15) is 0 Å². The zero-order valence-electron chi connectivity index (χ0n) is 6.98. The van der Waals surface area contributed by atoms with Crippen LogP contribution < -0.4 is 0 Å². The molecule has 1 radical (unpaired) electrons. The molecule has 0 aromatic heterocycles. The van der Waals surface area contributed by atoms with Gasteiger partial charge < -0.3 is 0 Å². The van der Waals surface area contributed by atoms with Gasteiger partial charge in [0.1, 0.15) is 0 Å². The van der Waals surface area contributed by atoms with Gasteiger partial charge in [-0.05, 0) is 11.8 Å². The molecule has 0 rings (SSSR count). The highest BCUT2D eigenvalue weighted by molar-refractivity contribution is 4.57. The van der Waals surface area contributed by atoms with E-state index in [1.165, 1.54) is 19.3 Å². The van der Waals surface area contributed by atoms with Crippen LogP contribution in [0.15, 0.2) is 0 Å². The van der Waals surface area contributed by atoms with Crippen LogP contribution in [0.4, 0.5) is 0 Å². The Morgan fingerprint density at radius 1 is 1.22 bits per heavy atom. The Hall–Kier alpha value is 0. The van der Waals surface area contributed by atoms with Crippen molar-refractivity contribution in [2.75, 3.05) is 0 Å². The first-order chi connectivity index (χ1) is 4.16. The lowest BCUT2D eigenvalue weighted by molar-refractivity contribution is 0.458. The van der Waals surface area contributed by atoms with Gasteiger partial charge in [-0.25, -0.2) is 0 Å². The molecule has 55 valence electrons. The predicted octanol–water partition coefficient (Wildman–Crippen LogP) is 3.28. The van der Waals surface area contributed by atoms with Crippen LogP contribution >= 0.6 is 0 Å². The summed E-state index contributed by atoms with van der Waals surface area (Å²) in [6, 6.07) is 0. The highest BCUT2D eigenvalue weighted by atomic mass is 14.1. The number of hydrogen-bond acceptors (Lipinski definition) is 0. The fraction of sp³-hybridized carbons (Fsp3) is 0.889. The van der Waals surface area contributed by atoms with Crippen molar-refractivity contribution in [3.05, 3.63) is 6.92 Å². The molecule has 0 spiro atoms. The molecule has 0 aromatic carbocycles. The molecular weight excluding hydrogens is 108 g/mol. The van der Waals surface area contributed by atoms with E-state index in [1.807, 2.05) is 0 Å². The molecule has 0 N–H and O–H groups in total. The first kappa shape index (κ1) is 9.00. The molecule has 0 aliphatic heterocycles. The van der Waals surface area contributed by atoms with Gasteiger partial charge in [-0.3, -0.25) is 0 Å². The van der Waals surface area contributed by atoms with Gasteiger partial charge in [0.05, 0.1) is 0 Å². The van der Waals surface area contributed by atoms with Gasteiger partial charge in [0, 0.05) is 0 Å².